The molecule has 2 N–H and O–H groups in total. The molecule has 1 saturated carbocycles. The minimum absolute atomic E-state index is 0.0729. The van der Waals surface area contributed by atoms with Gasteiger partial charge < -0.3 is 20.2 Å². The van der Waals surface area contributed by atoms with Crippen molar-refractivity contribution in [2.75, 3.05) is 40.8 Å². The summed E-state index contributed by atoms with van der Waals surface area (Å²) in [6.07, 6.45) is 2.55. The second-order valence-electron chi connectivity index (χ2n) is 5.55. The highest BCUT2D eigenvalue weighted by Gasteiger charge is 2.32. The van der Waals surface area contributed by atoms with Crippen molar-refractivity contribution in [3.05, 3.63) is 0 Å². The summed E-state index contributed by atoms with van der Waals surface area (Å²) in [6.45, 7) is 1.93. The van der Waals surface area contributed by atoms with E-state index in [1.54, 1.807) is 11.9 Å². The number of carboxylic acid groups (broad SMARTS) is 1. The van der Waals surface area contributed by atoms with Gasteiger partial charge in [-0.1, -0.05) is 6.42 Å². The molecule has 0 bridgehead atoms. The molecule has 2 amide bonds. The summed E-state index contributed by atoms with van der Waals surface area (Å²) in [7, 11) is 5.67. The number of carbonyl (C=O) groups excluding carboxylic acids is 1. The zero-order chi connectivity index (χ0) is 14.4. The van der Waals surface area contributed by atoms with Crippen molar-refractivity contribution in [3.8, 4) is 0 Å². The van der Waals surface area contributed by atoms with Crippen LogP contribution in [0.5, 0.6) is 0 Å². The number of rotatable bonds is 6. The number of likely N-dealkylation sites (N-methyl/N-ethyl adjacent to an activating group) is 2. The van der Waals surface area contributed by atoms with E-state index in [0.29, 0.717) is 13.1 Å². The summed E-state index contributed by atoms with van der Waals surface area (Å²) >= 11 is 0. The molecular weight excluding hydrogens is 246 g/mol. The van der Waals surface area contributed by atoms with E-state index in [4.69, 9.17) is 5.11 Å². The lowest BCUT2D eigenvalue weighted by Crippen LogP contribution is -2.43. The molecule has 0 aliphatic heterocycles. The van der Waals surface area contributed by atoms with E-state index in [1.165, 1.54) is 0 Å². The van der Waals surface area contributed by atoms with Crippen LogP contribution in [-0.4, -0.2) is 67.7 Å². The standard InChI is InChI=1S/C13H25N3O3/c1-15(2)7-8-16(3)13(19)14-9-10-5-4-6-11(10)12(17)18/h10-11H,4-9H2,1-3H3,(H,14,19)(H,17,18). The Morgan fingerprint density at radius 3 is 2.47 bits per heavy atom. The first-order valence-electron chi connectivity index (χ1n) is 6.78. The third-order valence-corrected chi connectivity index (χ3v) is 3.72. The predicted molar refractivity (Wildman–Crippen MR) is 73.0 cm³/mol. The molecule has 0 aromatic rings. The molecule has 1 aliphatic rings. The van der Waals surface area contributed by atoms with E-state index in [0.717, 1.165) is 25.8 Å². The topological polar surface area (TPSA) is 72.9 Å². The van der Waals surface area contributed by atoms with Crippen LogP contribution in [0.2, 0.25) is 0 Å². The molecular formula is C13H25N3O3. The molecule has 2 unspecified atom stereocenters. The minimum atomic E-state index is -0.738. The summed E-state index contributed by atoms with van der Waals surface area (Å²) in [5, 5.41) is 11.9. The Hall–Kier alpha value is -1.30. The fourth-order valence-electron chi connectivity index (χ4n) is 2.41. The highest BCUT2D eigenvalue weighted by molar-refractivity contribution is 5.74. The van der Waals surface area contributed by atoms with E-state index in [9.17, 15) is 9.59 Å². The van der Waals surface area contributed by atoms with Gasteiger partial charge in [-0.25, -0.2) is 4.79 Å². The number of hydrogen-bond acceptors (Lipinski definition) is 3. The van der Waals surface area contributed by atoms with Gasteiger partial charge in [0.05, 0.1) is 5.92 Å². The average molecular weight is 271 g/mol. The smallest absolute Gasteiger partial charge is 0.317 e. The molecule has 0 heterocycles. The Labute approximate surface area is 114 Å². The zero-order valence-electron chi connectivity index (χ0n) is 12.1. The average Bonchev–Trinajstić information content (AvgIpc) is 2.81. The molecule has 0 radical (unpaired) electrons. The number of nitrogens with zero attached hydrogens (tertiary/aromatic N) is 2. The SMILES string of the molecule is CN(C)CCN(C)C(=O)NCC1CCCC1C(=O)O. The normalized spacial score (nSPS) is 22.5. The second-order valence-corrected chi connectivity index (χ2v) is 5.55. The number of aliphatic carboxylic acids is 1. The quantitative estimate of drug-likeness (QED) is 0.745. The lowest BCUT2D eigenvalue weighted by atomic mass is 9.96. The molecule has 1 aliphatic carbocycles. The minimum Gasteiger partial charge on any atom is -0.481 e. The van der Waals surface area contributed by atoms with Crippen molar-refractivity contribution in [1.82, 2.24) is 15.1 Å². The number of nitrogens with one attached hydrogen (secondary N) is 1. The van der Waals surface area contributed by atoms with Crippen LogP contribution in [0.3, 0.4) is 0 Å². The van der Waals surface area contributed by atoms with Gasteiger partial charge in [0.15, 0.2) is 0 Å². The molecule has 19 heavy (non-hydrogen) atoms. The van der Waals surface area contributed by atoms with Gasteiger partial charge in [-0.15, -0.1) is 0 Å². The lowest BCUT2D eigenvalue weighted by molar-refractivity contribution is -0.142. The number of carboxylic acids is 1. The van der Waals surface area contributed by atoms with Crippen molar-refractivity contribution >= 4 is 12.0 Å². The van der Waals surface area contributed by atoms with Gasteiger partial charge in [-0.3, -0.25) is 4.79 Å². The van der Waals surface area contributed by atoms with Gasteiger partial charge in [0, 0.05) is 26.7 Å². The fourth-order valence-corrected chi connectivity index (χ4v) is 2.41. The number of urea groups is 1. The highest BCUT2D eigenvalue weighted by Crippen LogP contribution is 2.31. The van der Waals surface area contributed by atoms with Gasteiger partial charge in [-0.2, -0.15) is 0 Å². The van der Waals surface area contributed by atoms with Crippen molar-refractivity contribution in [2.24, 2.45) is 11.8 Å². The molecule has 0 spiro atoms. The molecule has 110 valence electrons. The molecule has 0 aromatic carbocycles. The predicted octanol–water partition coefficient (Wildman–Crippen LogP) is 0.690. The molecule has 0 saturated heterocycles. The van der Waals surface area contributed by atoms with Crippen LogP contribution < -0.4 is 5.32 Å². The first kappa shape index (κ1) is 15.8. The fraction of sp³-hybridized carbons (Fsp3) is 0.846. The van der Waals surface area contributed by atoms with E-state index >= 15 is 0 Å². The monoisotopic (exact) mass is 271 g/mol. The van der Waals surface area contributed by atoms with Crippen LogP contribution in [-0.2, 0) is 4.79 Å². The maximum atomic E-state index is 11.8. The Balaban J connectivity index is 2.31. The zero-order valence-corrected chi connectivity index (χ0v) is 12.1. The van der Waals surface area contributed by atoms with Gasteiger partial charge >= 0.3 is 12.0 Å². The van der Waals surface area contributed by atoms with E-state index in [-0.39, 0.29) is 17.9 Å². The Morgan fingerprint density at radius 2 is 1.89 bits per heavy atom. The summed E-state index contributed by atoms with van der Waals surface area (Å²) in [4.78, 5) is 26.5. The Morgan fingerprint density at radius 1 is 1.21 bits per heavy atom. The largest absolute Gasteiger partial charge is 0.481 e. The third-order valence-electron chi connectivity index (χ3n) is 3.72. The van der Waals surface area contributed by atoms with Crippen molar-refractivity contribution in [2.45, 2.75) is 19.3 Å². The molecule has 2 atom stereocenters. The van der Waals surface area contributed by atoms with Gasteiger partial charge in [0.25, 0.3) is 0 Å². The third kappa shape index (κ3) is 5.06. The van der Waals surface area contributed by atoms with Gasteiger partial charge in [-0.05, 0) is 32.9 Å². The van der Waals surface area contributed by atoms with Gasteiger partial charge in [0.1, 0.15) is 0 Å². The summed E-state index contributed by atoms with van der Waals surface area (Å²) in [6, 6.07) is -0.127. The van der Waals surface area contributed by atoms with Crippen molar-refractivity contribution < 1.29 is 14.7 Å². The Kier molecular flexibility index (Phi) is 6.08. The van der Waals surface area contributed by atoms with Crippen LogP contribution in [0, 0.1) is 11.8 Å². The van der Waals surface area contributed by atoms with E-state index < -0.39 is 5.97 Å². The van der Waals surface area contributed by atoms with E-state index in [2.05, 4.69) is 5.32 Å². The van der Waals surface area contributed by atoms with E-state index in [1.807, 2.05) is 19.0 Å². The molecule has 6 heteroatoms. The summed E-state index contributed by atoms with van der Waals surface area (Å²) in [5.74, 6) is -0.964. The number of carbonyl (C=O) groups is 2. The maximum Gasteiger partial charge on any atom is 0.317 e. The molecule has 1 fully saturated rings. The summed E-state index contributed by atoms with van der Waals surface area (Å²) < 4.78 is 0. The first-order valence-corrected chi connectivity index (χ1v) is 6.78. The summed E-state index contributed by atoms with van der Waals surface area (Å²) in [5.41, 5.74) is 0. The van der Waals surface area contributed by atoms with Crippen LogP contribution in [0.15, 0.2) is 0 Å². The van der Waals surface area contributed by atoms with Crippen LogP contribution in [0.4, 0.5) is 4.79 Å². The number of amides is 2. The number of hydrogen-bond donors (Lipinski definition) is 2. The lowest BCUT2D eigenvalue weighted by Gasteiger charge is -2.22. The van der Waals surface area contributed by atoms with Crippen LogP contribution in [0.25, 0.3) is 0 Å². The maximum absolute atomic E-state index is 11.8. The molecule has 1 rings (SSSR count). The van der Waals surface area contributed by atoms with Crippen molar-refractivity contribution in [1.29, 1.82) is 0 Å². The second kappa shape index (κ2) is 7.33. The first-order chi connectivity index (χ1) is 8.91. The van der Waals surface area contributed by atoms with Crippen LogP contribution in [0.1, 0.15) is 19.3 Å². The molecule has 0 aromatic heterocycles. The van der Waals surface area contributed by atoms with Crippen molar-refractivity contribution in [3.63, 3.8) is 0 Å². The Bertz CT molecular complexity index is 320. The molecule has 6 nitrogen and oxygen atoms in total. The van der Waals surface area contributed by atoms with Crippen LogP contribution >= 0.6 is 0 Å². The highest BCUT2D eigenvalue weighted by atomic mass is 16.4. The van der Waals surface area contributed by atoms with Gasteiger partial charge in [0.2, 0.25) is 0 Å².